The van der Waals surface area contributed by atoms with E-state index in [1.807, 2.05) is 84.4 Å². The standard InChI is InChI=1S/C42H38N6O/c1-3-4-28-47-31(2)39(30-49)40(44-47)29-32-24-26-33(27-25-32)37-22-14-15-23-38(37)41-43-46-48(45-41)42(34-16-8-5-9-17-34,35-18-10-6-11-19-35)36-20-12-7-13-21-36/h5-27,30H,3-4,28-29H2,1-2H3. The smallest absolute Gasteiger partial charge is 0.205 e. The molecule has 2 aromatic heterocycles. The van der Waals surface area contributed by atoms with Gasteiger partial charge in [-0.2, -0.15) is 5.10 Å². The number of carbonyl (C=O) groups is 1. The molecule has 0 radical (unpaired) electrons. The summed E-state index contributed by atoms with van der Waals surface area (Å²) in [4.78, 5) is 13.7. The van der Waals surface area contributed by atoms with Crippen molar-refractivity contribution in [3.05, 3.63) is 179 Å². The Balaban J connectivity index is 1.27. The van der Waals surface area contributed by atoms with E-state index < -0.39 is 5.54 Å². The molecule has 0 bridgehead atoms. The zero-order valence-electron chi connectivity index (χ0n) is 27.8. The Morgan fingerprint density at radius 2 is 1.22 bits per heavy atom. The fraction of sp³-hybridized carbons (Fsp3) is 0.167. The molecule has 0 fully saturated rings. The van der Waals surface area contributed by atoms with Crippen LogP contribution in [-0.2, 0) is 18.5 Å². The lowest BCUT2D eigenvalue weighted by Crippen LogP contribution is -2.39. The minimum atomic E-state index is -0.853. The molecule has 0 spiro atoms. The number of rotatable bonds is 12. The Hall–Kier alpha value is -5.95. The van der Waals surface area contributed by atoms with Gasteiger partial charge in [0.15, 0.2) is 11.8 Å². The first-order valence-electron chi connectivity index (χ1n) is 16.8. The van der Waals surface area contributed by atoms with Crippen molar-refractivity contribution in [1.29, 1.82) is 0 Å². The van der Waals surface area contributed by atoms with E-state index in [2.05, 4.69) is 73.7 Å². The molecule has 0 aliphatic rings. The average Bonchev–Trinajstić information content (AvgIpc) is 3.77. The minimum Gasteiger partial charge on any atom is -0.298 e. The highest BCUT2D eigenvalue weighted by Gasteiger charge is 2.41. The summed E-state index contributed by atoms with van der Waals surface area (Å²) in [7, 11) is 0. The van der Waals surface area contributed by atoms with Crippen molar-refractivity contribution in [2.24, 2.45) is 0 Å². The molecule has 5 aromatic carbocycles. The highest BCUT2D eigenvalue weighted by molar-refractivity contribution is 5.81. The Labute approximate surface area is 286 Å². The molecule has 2 heterocycles. The van der Waals surface area contributed by atoms with Crippen molar-refractivity contribution < 1.29 is 4.79 Å². The lowest BCUT2D eigenvalue weighted by atomic mass is 9.77. The van der Waals surface area contributed by atoms with Gasteiger partial charge in [0.2, 0.25) is 5.82 Å². The lowest BCUT2D eigenvalue weighted by Gasteiger charge is -2.34. The number of hydrogen-bond donors (Lipinski definition) is 0. The Morgan fingerprint density at radius 1 is 0.673 bits per heavy atom. The first kappa shape index (κ1) is 31.6. The van der Waals surface area contributed by atoms with Crippen LogP contribution < -0.4 is 0 Å². The third kappa shape index (κ3) is 6.00. The summed E-state index contributed by atoms with van der Waals surface area (Å²) >= 11 is 0. The lowest BCUT2D eigenvalue weighted by molar-refractivity contribution is 0.112. The minimum absolute atomic E-state index is 0.538. The van der Waals surface area contributed by atoms with Crippen LogP contribution in [0, 0.1) is 6.92 Å². The summed E-state index contributed by atoms with van der Waals surface area (Å²) in [5.74, 6) is 0.538. The van der Waals surface area contributed by atoms with Gasteiger partial charge in [0.25, 0.3) is 0 Å². The van der Waals surface area contributed by atoms with Crippen molar-refractivity contribution in [3.63, 3.8) is 0 Å². The second-order valence-electron chi connectivity index (χ2n) is 12.3. The zero-order valence-corrected chi connectivity index (χ0v) is 27.8. The summed E-state index contributed by atoms with van der Waals surface area (Å²) in [6.07, 6.45) is 3.63. The number of nitrogens with zero attached hydrogens (tertiary/aromatic N) is 6. The third-order valence-corrected chi connectivity index (χ3v) is 9.26. The van der Waals surface area contributed by atoms with Gasteiger partial charge in [0, 0.05) is 24.2 Å². The molecule has 49 heavy (non-hydrogen) atoms. The number of aryl methyl sites for hydroxylation is 1. The molecule has 7 heteroatoms. The number of tetrazole rings is 1. The van der Waals surface area contributed by atoms with Gasteiger partial charge in [0.1, 0.15) is 0 Å². The maximum absolute atomic E-state index is 12.0. The van der Waals surface area contributed by atoms with Crippen molar-refractivity contribution >= 4 is 6.29 Å². The van der Waals surface area contributed by atoms with Gasteiger partial charge < -0.3 is 0 Å². The fourth-order valence-electron chi connectivity index (χ4n) is 6.71. The van der Waals surface area contributed by atoms with Crippen LogP contribution in [0.4, 0.5) is 0 Å². The Kier molecular flexibility index (Phi) is 9.06. The summed E-state index contributed by atoms with van der Waals surface area (Å²) in [6.45, 7) is 4.95. The number of benzene rings is 5. The summed E-state index contributed by atoms with van der Waals surface area (Å²) in [5, 5.41) is 19.4. The van der Waals surface area contributed by atoms with Gasteiger partial charge in [-0.15, -0.1) is 15.0 Å². The zero-order chi connectivity index (χ0) is 33.6. The van der Waals surface area contributed by atoms with Crippen LogP contribution >= 0.6 is 0 Å². The number of hydrogen-bond acceptors (Lipinski definition) is 5. The Morgan fingerprint density at radius 3 is 1.78 bits per heavy atom. The molecule has 0 aliphatic heterocycles. The topological polar surface area (TPSA) is 78.5 Å². The molecule has 0 aliphatic carbocycles. The van der Waals surface area contributed by atoms with Crippen LogP contribution in [-0.4, -0.2) is 36.3 Å². The molecular weight excluding hydrogens is 605 g/mol. The predicted octanol–water partition coefficient (Wildman–Crippen LogP) is 8.56. The number of aldehydes is 1. The second-order valence-corrected chi connectivity index (χ2v) is 12.3. The number of carbonyl (C=O) groups excluding carboxylic acids is 1. The van der Waals surface area contributed by atoms with Crippen LogP contribution in [0.2, 0.25) is 0 Å². The van der Waals surface area contributed by atoms with Crippen LogP contribution in [0.5, 0.6) is 0 Å². The van der Waals surface area contributed by atoms with E-state index in [0.717, 1.165) is 76.0 Å². The van der Waals surface area contributed by atoms with E-state index in [1.54, 1.807) is 4.80 Å². The molecule has 0 atom stereocenters. The van der Waals surface area contributed by atoms with Crippen molar-refractivity contribution in [1.82, 2.24) is 30.0 Å². The van der Waals surface area contributed by atoms with Gasteiger partial charge in [-0.1, -0.05) is 153 Å². The van der Waals surface area contributed by atoms with E-state index in [-0.39, 0.29) is 0 Å². The predicted molar refractivity (Wildman–Crippen MR) is 193 cm³/mol. The monoisotopic (exact) mass is 642 g/mol. The van der Waals surface area contributed by atoms with Gasteiger partial charge in [-0.25, -0.2) is 0 Å². The molecule has 0 amide bonds. The molecule has 7 nitrogen and oxygen atoms in total. The normalized spacial score (nSPS) is 11.5. The summed E-state index contributed by atoms with van der Waals surface area (Å²) < 4.78 is 1.97. The molecule has 0 saturated carbocycles. The van der Waals surface area contributed by atoms with Gasteiger partial charge in [-0.05, 0) is 51.9 Å². The highest BCUT2D eigenvalue weighted by atomic mass is 16.1. The van der Waals surface area contributed by atoms with E-state index in [0.29, 0.717) is 17.8 Å². The van der Waals surface area contributed by atoms with E-state index in [9.17, 15) is 4.79 Å². The molecule has 0 unspecified atom stereocenters. The molecule has 242 valence electrons. The van der Waals surface area contributed by atoms with Crippen LogP contribution in [0.25, 0.3) is 22.5 Å². The van der Waals surface area contributed by atoms with E-state index >= 15 is 0 Å². The average molecular weight is 643 g/mol. The van der Waals surface area contributed by atoms with Crippen molar-refractivity contribution in [2.75, 3.05) is 0 Å². The van der Waals surface area contributed by atoms with Crippen LogP contribution in [0.15, 0.2) is 140 Å². The molecule has 0 saturated heterocycles. The summed E-state index contributed by atoms with van der Waals surface area (Å²) in [5.41, 5.74) is 8.70. The molecule has 7 aromatic rings. The first-order chi connectivity index (χ1) is 24.1. The number of aromatic nitrogens is 6. The van der Waals surface area contributed by atoms with E-state index in [1.165, 1.54) is 0 Å². The van der Waals surface area contributed by atoms with E-state index in [4.69, 9.17) is 20.5 Å². The Bertz CT molecular complexity index is 2060. The first-order valence-corrected chi connectivity index (χ1v) is 16.8. The van der Waals surface area contributed by atoms with Gasteiger partial charge >= 0.3 is 0 Å². The second kappa shape index (κ2) is 14.0. The summed E-state index contributed by atoms with van der Waals surface area (Å²) in [6, 6.07) is 47.7. The van der Waals surface area contributed by atoms with Crippen molar-refractivity contribution in [2.45, 2.75) is 45.2 Å². The molecule has 0 N–H and O–H groups in total. The third-order valence-electron chi connectivity index (χ3n) is 9.26. The quantitative estimate of drug-likeness (QED) is 0.0986. The fourth-order valence-corrected chi connectivity index (χ4v) is 6.71. The highest BCUT2D eigenvalue weighted by Crippen LogP contribution is 2.40. The molecule has 7 rings (SSSR count). The van der Waals surface area contributed by atoms with Crippen LogP contribution in [0.3, 0.4) is 0 Å². The van der Waals surface area contributed by atoms with Crippen LogP contribution in [0.1, 0.15) is 63.8 Å². The largest absolute Gasteiger partial charge is 0.298 e. The maximum Gasteiger partial charge on any atom is 0.205 e. The SMILES string of the molecule is CCCCn1nc(Cc2ccc(-c3ccccc3-c3nnn(C(c4ccccc4)(c4ccccc4)c4ccccc4)n3)cc2)c(C=O)c1C. The number of unbranched alkanes of at least 4 members (excludes halogenated alkanes) is 1. The van der Waals surface area contributed by atoms with Crippen molar-refractivity contribution in [3.8, 4) is 22.5 Å². The maximum atomic E-state index is 12.0. The molecular formula is C42H38N6O. The van der Waals surface area contributed by atoms with Gasteiger partial charge in [0.05, 0.1) is 11.3 Å². The van der Waals surface area contributed by atoms with Gasteiger partial charge in [-0.3, -0.25) is 9.48 Å².